The zero-order valence-electron chi connectivity index (χ0n) is 22.7. The number of sulfone groups is 2. The van der Waals surface area contributed by atoms with Crippen molar-refractivity contribution in [2.75, 3.05) is 115 Å². The molecule has 4 heterocycles. The number of ketones is 1. The fraction of sp³-hybridized carbons (Fsp3) is 0.960. The molecule has 0 aromatic carbocycles. The van der Waals surface area contributed by atoms with E-state index >= 15 is 0 Å². The Kier molecular flexibility index (Phi) is 11.4. The van der Waals surface area contributed by atoms with Crippen LogP contribution in [0.1, 0.15) is 25.7 Å². The highest BCUT2D eigenvalue weighted by atomic mass is 32.2. The third kappa shape index (κ3) is 9.76. The summed E-state index contributed by atoms with van der Waals surface area (Å²) in [4.78, 5) is 22.2. The van der Waals surface area contributed by atoms with Crippen molar-refractivity contribution in [3.8, 4) is 0 Å². The summed E-state index contributed by atoms with van der Waals surface area (Å²) in [5.41, 5.74) is 0. The topological polar surface area (TPSA) is 117 Å². The number of morpholine rings is 2. The first-order valence-corrected chi connectivity index (χ1v) is 17.8. The second-order valence-electron chi connectivity index (χ2n) is 11.2. The minimum atomic E-state index is -3.06. The summed E-state index contributed by atoms with van der Waals surface area (Å²) in [5, 5.41) is 0. The quantitative estimate of drug-likeness (QED) is 0.252. The highest BCUT2D eigenvalue weighted by Crippen LogP contribution is 2.20. The molecule has 0 amide bonds. The Morgan fingerprint density at radius 3 is 1.42 bits per heavy atom. The fourth-order valence-corrected chi connectivity index (χ4v) is 9.58. The largest absolute Gasteiger partial charge is 0.379 e. The Bertz CT molecular complexity index is 890. The molecule has 4 fully saturated rings. The number of hydrogen-bond donors (Lipinski definition) is 0. The van der Waals surface area contributed by atoms with Crippen molar-refractivity contribution in [2.45, 2.75) is 37.8 Å². The molecule has 2 atom stereocenters. The van der Waals surface area contributed by atoms with E-state index in [9.17, 15) is 21.6 Å². The van der Waals surface area contributed by atoms with E-state index in [0.29, 0.717) is 25.9 Å². The molecule has 4 aliphatic heterocycles. The lowest BCUT2D eigenvalue weighted by atomic mass is 10.1. The van der Waals surface area contributed by atoms with Crippen LogP contribution < -0.4 is 0 Å². The lowest BCUT2D eigenvalue weighted by Gasteiger charge is -2.32. The van der Waals surface area contributed by atoms with Gasteiger partial charge in [-0.2, -0.15) is 0 Å². The predicted octanol–water partition coefficient (Wildman–Crippen LogP) is -1.02. The van der Waals surface area contributed by atoms with Gasteiger partial charge in [0.05, 0.1) is 62.5 Å². The molecule has 0 bridgehead atoms. The summed E-state index contributed by atoms with van der Waals surface area (Å²) in [6.45, 7) is 10.1. The molecule has 0 radical (unpaired) electrons. The molecular weight excluding hydrogens is 532 g/mol. The van der Waals surface area contributed by atoms with E-state index in [1.54, 1.807) is 0 Å². The number of ether oxygens (including phenoxy) is 2. The van der Waals surface area contributed by atoms with E-state index in [2.05, 4.69) is 19.6 Å². The lowest BCUT2D eigenvalue weighted by Crippen LogP contribution is -2.47. The summed E-state index contributed by atoms with van der Waals surface area (Å²) in [7, 11) is -6.13. The second kappa shape index (κ2) is 14.3. The van der Waals surface area contributed by atoms with Crippen molar-refractivity contribution in [3.05, 3.63) is 0 Å². The SMILES string of the molecule is O=C(CN(CCCN1CCOCC1)[C@@H]1CCS(=O)(=O)C1)CN(CCCN1CCOCC1)[C@@H]1CCS(=O)(=O)C1. The Hall–Kier alpha value is -0.670. The van der Waals surface area contributed by atoms with Gasteiger partial charge in [0.1, 0.15) is 0 Å². The monoisotopic (exact) mass is 578 g/mol. The summed E-state index contributed by atoms with van der Waals surface area (Å²) in [6, 6.07) is -0.259. The fourth-order valence-electron chi connectivity index (χ4n) is 6.06. The van der Waals surface area contributed by atoms with Gasteiger partial charge < -0.3 is 9.47 Å². The lowest BCUT2D eigenvalue weighted by molar-refractivity contribution is -0.122. The number of carbonyl (C=O) groups is 1. The maximum absolute atomic E-state index is 13.4. The number of hydrogen-bond acceptors (Lipinski definition) is 11. The first kappa shape index (κ1) is 30.3. The Labute approximate surface area is 228 Å². The smallest absolute Gasteiger partial charge is 0.160 e. The number of carbonyl (C=O) groups excluding carboxylic acids is 1. The molecule has 0 aromatic heterocycles. The van der Waals surface area contributed by atoms with Gasteiger partial charge in [-0.3, -0.25) is 24.4 Å². The van der Waals surface area contributed by atoms with Crippen molar-refractivity contribution in [2.24, 2.45) is 0 Å². The molecule has 38 heavy (non-hydrogen) atoms. The third-order valence-corrected chi connectivity index (χ3v) is 11.8. The number of nitrogens with zero attached hydrogens (tertiary/aromatic N) is 4. The molecule has 0 aromatic rings. The van der Waals surface area contributed by atoms with Crippen LogP contribution in [0.25, 0.3) is 0 Å². The zero-order chi connectivity index (χ0) is 27.0. The zero-order valence-corrected chi connectivity index (χ0v) is 24.3. The molecule has 4 saturated heterocycles. The van der Waals surface area contributed by atoms with Crippen molar-refractivity contribution in [3.63, 3.8) is 0 Å². The van der Waals surface area contributed by atoms with Crippen LogP contribution in [-0.4, -0.2) is 169 Å². The van der Waals surface area contributed by atoms with Gasteiger partial charge in [0.15, 0.2) is 25.5 Å². The van der Waals surface area contributed by atoms with Crippen LogP contribution in [0.4, 0.5) is 0 Å². The summed E-state index contributed by atoms with van der Waals surface area (Å²) >= 11 is 0. The van der Waals surface area contributed by atoms with Crippen LogP contribution in [0.15, 0.2) is 0 Å². The van der Waals surface area contributed by atoms with Gasteiger partial charge in [-0.15, -0.1) is 0 Å². The van der Waals surface area contributed by atoms with E-state index < -0.39 is 19.7 Å². The van der Waals surface area contributed by atoms with Crippen molar-refractivity contribution >= 4 is 25.5 Å². The van der Waals surface area contributed by atoms with Crippen molar-refractivity contribution in [1.29, 1.82) is 0 Å². The van der Waals surface area contributed by atoms with Crippen molar-refractivity contribution in [1.82, 2.24) is 19.6 Å². The Morgan fingerprint density at radius 1 is 0.684 bits per heavy atom. The molecule has 11 nitrogen and oxygen atoms in total. The summed E-state index contributed by atoms with van der Waals surface area (Å²) in [6.07, 6.45) is 2.87. The molecule has 0 spiro atoms. The molecule has 4 rings (SSSR count). The normalized spacial score (nSPS) is 28.4. The van der Waals surface area contributed by atoms with Gasteiger partial charge in [0.2, 0.25) is 0 Å². The molecule has 220 valence electrons. The van der Waals surface area contributed by atoms with Crippen LogP contribution in [0.3, 0.4) is 0 Å². The summed E-state index contributed by atoms with van der Waals surface area (Å²) in [5.74, 6) is 0.624. The first-order valence-electron chi connectivity index (χ1n) is 14.2. The van der Waals surface area contributed by atoms with E-state index in [0.717, 1.165) is 78.5 Å². The molecule has 0 saturated carbocycles. The standard InChI is InChI=1S/C25H46N4O7S2/c30-25(19-28(23-3-17-37(31,32)21-23)7-1-5-26-9-13-35-14-10-26)20-29(24-4-18-38(33,34)22-24)8-2-6-27-11-15-36-16-12-27/h23-24H,1-22H2/t23-,24-/m1/s1. The maximum Gasteiger partial charge on any atom is 0.160 e. The minimum Gasteiger partial charge on any atom is -0.379 e. The third-order valence-electron chi connectivity index (χ3n) is 8.26. The average molecular weight is 579 g/mol. The second-order valence-corrected chi connectivity index (χ2v) is 15.7. The van der Waals surface area contributed by atoms with Gasteiger partial charge >= 0.3 is 0 Å². The number of rotatable bonds is 14. The number of Topliss-reactive ketones (excluding diaryl/α,β-unsaturated/α-hetero) is 1. The van der Waals surface area contributed by atoms with Crippen LogP contribution in [0, 0.1) is 0 Å². The van der Waals surface area contributed by atoms with Crippen molar-refractivity contribution < 1.29 is 31.1 Å². The molecular formula is C25H46N4O7S2. The Morgan fingerprint density at radius 2 is 1.08 bits per heavy atom. The van der Waals surface area contributed by atoms with E-state index in [1.165, 1.54) is 0 Å². The van der Waals surface area contributed by atoms with Crippen LogP contribution in [-0.2, 0) is 33.9 Å². The highest BCUT2D eigenvalue weighted by Gasteiger charge is 2.35. The molecule has 0 aliphatic carbocycles. The van der Waals surface area contributed by atoms with Gasteiger partial charge in [-0.25, -0.2) is 16.8 Å². The van der Waals surface area contributed by atoms with E-state index in [1.807, 2.05) is 0 Å². The van der Waals surface area contributed by atoms with Gasteiger partial charge in [-0.05, 0) is 38.8 Å². The first-order chi connectivity index (χ1) is 18.2. The van der Waals surface area contributed by atoms with E-state index in [-0.39, 0.29) is 54.0 Å². The van der Waals surface area contributed by atoms with Gasteiger partial charge in [0.25, 0.3) is 0 Å². The summed E-state index contributed by atoms with van der Waals surface area (Å²) < 4.78 is 59.7. The predicted molar refractivity (Wildman–Crippen MR) is 146 cm³/mol. The molecule has 13 heteroatoms. The van der Waals surface area contributed by atoms with Crippen LogP contribution in [0.5, 0.6) is 0 Å². The maximum atomic E-state index is 13.4. The van der Waals surface area contributed by atoms with Gasteiger partial charge in [-0.1, -0.05) is 0 Å². The molecule has 0 unspecified atom stereocenters. The van der Waals surface area contributed by atoms with E-state index in [4.69, 9.17) is 9.47 Å². The highest BCUT2D eigenvalue weighted by molar-refractivity contribution is 7.91. The van der Waals surface area contributed by atoms with Crippen LogP contribution >= 0.6 is 0 Å². The molecule has 0 N–H and O–H groups in total. The minimum absolute atomic E-state index is 0.0383. The van der Waals surface area contributed by atoms with Gasteiger partial charge in [0, 0.05) is 51.4 Å². The Balaban J connectivity index is 1.33. The average Bonchev–Trinajstić information content (AvgIpc) is 3.44. The van der Waals surface area contributed by atoms with Crippen LogP contribution in [0.2, 0.25) is 0 Å². The molecule has 4 aliphatic rings.